The van der Waals surface area contributed by atoms with Crippen molar-refractivity contribution in [2.45, 2.75) is 25.8 Å². The van der Waals surface area contributed by atoms with Crippen molar-refractivity contribution in [3.8, 4) is 0 Å². The zero-order valence-electron chi connectivity index (χ0n) is 8.80. The predicted molar refractivity (Wildman–Crippen MR) is 53.9 cm³/mol. The third kappa shape index (κ3) is 1.59. The van der Waals surface area contributed by atoms with E-state index >= 15 is 0 Å². The van der Waals surface area contributed by atoms with Crippen molar-refractivity contribution in [1.29, 1.82) is 0 Å². The summed E-state index contributed by atoms with van der Waals surface area (Å²) >= 11 is 0. The number of rotatable bonds is 2. The molecule has 0 N–H and O–H groups in total. The second-order valence-corrected chi connectivity index (χ2v) is 4.14. The summed E-state index contributed by atoms with van der Waals surface area (Å²) in [4.78, 5) is 14.3. The molecule has 1 saturated carbocycles. The number of fused-ring (bicyclic) bond motifs is 1. The van der Waals surface area contributed by atoms with Gasteiger partial charge in [-0.15, -0.1) is 0 Å². The van der Waals surface area contributed by atoms with Gasteiger partial charge in [-0.05, 0) is 37.1 Å². The molecule has 2 rings (SSSR count). The molecule has 0 aromatic carbocycles. The summed E-state index contributed by atoms with van der Waals surface area (Å²) < 4.78 is 4.72. The lowest BCUT2D eigenvalue weighted by Gasteiger charge is -2.20. The van der Waals surface area contributed by atoms with Gasteiger partial charge in [-0.3, -0.25) is 0 Å². The maximum Gasteiger partial charge on any atom is 0.333 e. The fraction of sp³-hybridized carbons (Fsp3) is 0.700. The minimum absolute atomic E-state index is 0.0576. The van der Waals surface area contributed by atoms with Crippen molar-refractivity contribution in [2.75, 3.05) is 7.11 Å². The topological polar surface area (TPSA) is 75.1 Å². The molecular weight excluding hydrogens is 194 g/mol. The molecule has 0 amide bonds. The van der Waals surface area contributed by atoms with Crippen molar-refractivity contribution in [1.82, 2.24) is 0 Å². The van der Waals surface area contributed by atoms with Gasteiger partial charge in [0.05, 0.1) is 7.11 Å². The first kappa shape index (κ1) is 10.1. The number of nitrogens with zero attached hydrogens (tertiary/aromatic N) is 3. The van der Waals surface area contributed by atoms with Gasteiger partial charge in [-0.2, -0.15) is 0 Å². The van der Waals surface area contributed by atoms with Crippen molar-refractivity contribution in [3.63, 3.8) is 0 Å². The lowest BCUT2D eigenvalue weighted by Crippen LogP contribution is -2.21. The first-order valence-electron chi connectivity index (χ1n) is 5.01. The molecule has 0 aromatic heterocycles. The molecule has 0 aliphatic heterocycles. The Bertz CT molecular complexity index is 382. The number of allylic oxidation sites excluding steroid dienone is 1. The Morgan fingerprint density at radius 1 is 1.67 bits per heavy atom. The molecule has 0 radical (unpaired) electrons. The van der Waals surface area contributed by atoms with Gasteiger partial charge >= 0.3 is 5.97 Å². The van der Waals surface area contributed by atoms with E-state index in [1.54, 1.807) is 0 Å². The first-order chi connectivity index (χ1) is 7.19. The standard InChI is InChI=1S/C10H13N3O2/c1-5-6-3-8(6)9(12-13-11)4-7(5)10(14)15-2/h6,8-9H,3-4H2,1-2H3/t6-,8-,9-/m0/s1. The van der Waals surface area contributed by atoms with Crippen LogP contribution in [-0.4, -0.2) is 19.1 Å². The van der Waals surface area contributed by atoms with Crippen molar-refractivity contribution >= 4 is 5.97 Å². The first-order valence-corrected chi connectivity index (χ1v) is 5.01. The Morgan fingerprint density at radius 3 is 3.00 bits per heavy atom. The van der Waals surface area contributed by atoms with E-state index in [9.17, 15) is 4.79 Å². The molecule has 0 spiro atoms. The van der Waals surface area contributed by atoms with Crippen LogP contribution in [0.2, 0.25) is 0 Å². The molecule has 5 nitrogen and oxygen atoms in total. The molecule has 80 valence electrons. The molecule has 0 unspecified atom stereocenters. The second-order valence-electron chi connectivity index (χ2n) is 4.14. The quantitative estimate of drug-likeness (QED) is 0.301. The van der Waals surface area contributed by atoms with Gasteiger partial charge in [-0.25, -0.2) is 4.79 Å². The van der Waals surface area contributed by atoms with Crippen LogP contribution in [0, 0.1) is 11.8 Å². The van der Waals surface area contributed by atoms with Crippen LogP contribution in [0.3, 0.4) is 0 Å². The number of methoxy groups -OCH3 is 1. The highest BCUT2D eigenvalue weighted by molar-refractivity contribution is 5.90. The average molecular weight is 207 g/mol. The van der Waals surface area contributed by atoms with Crippen molar-refractivity contribution < 1.29 is 9.53 Å². The maximum atomic E-state index is 11.5. The SMILES string of the molecule is COC(=O)C1=C(C)[C@@H]2C[C@@H]2[C@@H](N=[N+]=[N-])C1. The molecular formula is C10H13N3O2. The predicted octanol–water partition coefficient (Wildman–Crippen LogP) is 2.19. The van der Waals surface area contributed by atoms with Crippen LogP contribution in [0.1, 0.15) is 19.8 Å². The molecule has 2 aliphatic carbocycles. The number of carbonyl (C=O) groups excluding carboxylic acids is 1. The molecule has 15 heavy (non-hydrogen) atoms. The molecule has 0 saturated heterocycles. The Hall–Kier alpha value is -1.48. The molecule has 0 aromatic rings. The van der Waals surface area contributed by atoms with Gasteiger partial charge in [0, 0.05) is 16.5 Å². The lowest BCUT2D eigenvalue weighted by molar-refractivity contribution is -0.136. The van der Waals surface area contributed by atoms with Gasteiger partial charge in [0.2, 0.25) is 0 Å². The molecule has 2 aliphatic rings. The summed E-state index contributed by atoms with van der Waals surface area (Å²) in [7, 11) is 1.38. The lowest BCUT2D eigenvalue weighted by atomic mass is 9.89. The number of esters is 1. The maximum absolute atomic E-state index is 11.5. The van der Waals surface area contributed by atoms with Gasteiger partial charge in [-0.1, -0.05) is 10.7 Å². The Labute approximate surface area is 87.7 Å². The Balaban J connectivity index is 2.26. The van der Waals surface area contributed by atoms with Crippen molar-refractivity contribution in [2.24, 2.45) is 17.0 Å². The second kappa shape index (κ2) is 3.59. The molecule has 0 bridgehead atoms. The number of hydrogen-bond acceptors (Lipinski definition) is 3. The third-order valence-corrected chi connectivity index (χ3v) is 3.41. The highest BCUT2D eigenvalue weighted by Crippen LogP contribution is 2.53. The van der Waals surface area contributed by atoms with Crippen LogP contribution in [0.4, 0.5) is 0 Å². The summed E-state index contributed by atoms with van der Waals surface area (Å²) in [5, 5.41) is 3.75. The van der Waals surface area contributed by atoms with E-state index in [2.05, 4.69) is 10.0 Å². The largest absolute Gasteiger partial charge is 0.466 e. The van der Waals surface area contributed by atoms with E-state index in [1.807, 2.05) is 6.92 Å². The van der Waals surface area contributed by atoms with Gasteiger partial charge in [0.15, 0.2) is 0 Å². The Kier molecular flexibility index (Phi) is 2.40. The summed E-state index contributed by atoms with van der Waals surface area (Å²) in [6, 6.07) is -0.0576. The number of carbonyl (C=O) groups is 1. The molecule has 5 heteroatoms. The van der Waals surface area contributed by atoms with E-state index in [0.717, 1.165) is 12.0 Å². The van der Waals surface area contributed by atoms with Crippen molar-refractivity contribution in [3.05, 3.63) is 21.6 Å². The van der Waals surface area contributed by atoms with E-state index in [-0.39, 0.29) is 12.0 Å². The molecule has 1 fully saturated rings. The van der Waals surface area contributed by atoms with Crippen LogP contribution in [0.25, 0.3) is 10.4 Å². The minimum atomic E-state index is -0.281. The molecule has 3 atom stereocenters. The fourth-order valence-corrected chi connectivity index (χ4v) is 2.44. The normalized spacial score (nSPS) is 32.8. The Morgan fingerprint density at radius 2 is 2.40 bits per heavy atom. The number of hydrogen-bond donors (Lipinski definition) is 0. The van der Waals surface area contributed by atoms with E-state index in [0.29, 0.717) is 23.8 Å². The zero-order chi connectivity index (χ0) is 11.0. The fourth-order valence-electron chi connectivity index (χ4n) is 2.44. The third-order valence-electron chi connectivity index (χ3n) is 3.41. The van der Waals surface area contributed by atoms with Crippen LogP contribution in [-0.2, 0) is 9.53 Å². The summed E-state index contributed by atoms with van der Waals surface area (Å²) in [6.07, 6.45) is 1.57. The molecule has 0 heterocycles. The van der Waals surface area contributed by atoms with Crippen LogP contribution < -0.4 is 0 Å². The highest BCUT2D eigenvalue weighted by atomic mass is 16.5. The number of azide groups is 1. The van der Waals surface area contributed by atoms with Crippen LogP contribution in [0.15, 0.2) is 16.3 Å². The smallest absolute Gasteiger partial charge is 0.333 e. The monoisotopic (exact) mass is 207 g/mol. The summed E-state index contributed by atoms with van der Waals surface area (Å²) in [5.41, 5.74) is 10.3. The van der Waals surface area contributed by atoms with Gasteiger partial charge in [0.25, 0.3) is 0 Å². The van der Waals surface area contributed by atoms with Gasteiger partial charge in [0.1, 0.15) is 0 Å². The van der Waals surface area contributed by atoms with E-state index in [4.69, 9.17) is 10.3 Å². The minimum Gasteiger partial charge on any atom is -0.466 e. The average Bonchev–Trinajstić information content (AvgIpc) is 3.01. The van der Waals surface area contributed by atoms with Crippen LogP contribution in [0.5, 0.6) is 0 Å². The van der Waals surface area contributed by atoms with Gasteiger partial charge < -0.3 is 4.74 Å². The van der Waals surface area contributed by atoms with E-state index in [1.165, 1.54) is 7.11 Å². The zero-order valence-corrected chi connectivity index (χ0v) is 8.80. The van der Waals surface area contributed by atoms with E-state index < -0.39 is 0 Å². The summed E-state index contributed by atoms with van der Waals surface area (Å²) in [5.74, 6) is 0.605. The summed E-state index contributed by atoms with van der Waals surface area (Å²) in [6.45, 7) is 1.98. The number of ether oxygens (including phenoxy) is 1. The highest BCUT2D eigenvalue weighted by Gasteiger charge is 2.48. The van der Waals surface area contributed by atoms with Crippen LogP contribution >= 0.6 is 0 Å².